The molecule has 0 spiro atoms. The second-order valence-corrected chi connectivity index (χ2v) is 8.67. The van der Waals surface area contributed by atoms with Gasteiger partial charge in [0.2, 0.25) is 0 Å². The molecule has 197 valence electrons. The molecule has 0 aliphatic heterocycles. The standard InChI is InChI=1S/2C13H10.3C3H8.CH4.Y/c1-3-7-12-10(5-1)9-11-6-2-4-8-13(11)12;1-11-7-9-13(10-8-11)12-5-3-2-4-6-12;3*1-3-2;;/h1-8H,9H2;2-5,7-9H,1H3;3*3H2,1-2H3;1H4;/q;-2;;;;;. The summed E-state index contributed by atoms with van der Waals surface area (Å²) in [6.07, 6.45) is 4.85. The quantitative estimate of drug-likeness (QED) is 0.176. The van der Waals surface area contributed by atoms with Crippen molar-refractivity contribution in [1.29, 1.82) is 0 Å². The molecule has 0 bridgehead atoms. The van der Waals surface area contributed by atoms with E-state index in [1.54, 1.807) is 0 Å². The predicted octanol–water partition coefficient (Wildman–Crippen LogP) is 11.4. The van der Waals surface area contributed by atoms with Crippen molar-refractivity contribution in [3.05, 3.63) is 120 Å². The molecule has 0 unspecified atom stereocenters. The molecule has 0 aromatic heterocycles. The third-order valence-corrected chi connectivity index (χ3v) is 4.67. The summed E-state index contributed by atoms with van der Waals surface area (Å²) in [7, 11) is 0. The number of benzene rings is 4. The van der Waals surface area contributed by atoms with Gasteiger partial charge in [0.25, 0.3) is 0 Å². The number of hydrogen-bond acceptors (Lipinski definition) is 0. The fraction of sp³-hybridized carbons (Fsp3) is 0.333. The fourth-order valence-corrected chi connectivity index (χ4v) is 3.31. The number of hydrogen-bond donors (Lipinski definition) is 0. The van der Waals surface area contributed by atoms with Crippen LogP contribution in [-0.2, 0) is 39.1 Å². The Hall–Kier alpha value is -2.02. The van der Waals surface area contributed by atoms with Crippen LogP contribution >= 0.6 is 0 Å². The van der Waals surface area contributed by atoms with E-state index in [4.69, 9.17) is 0 Å². The second kappa shape index (κ2) is 23.1. The van der Waals surface area contributed by atoms with Crippen molar-refractivity contribution >= 4 is 0 Å². The third kappa shape index (κ3) is 13.9. The molecule has 0 nitrogen and oxygen atoms in total. The van der Waals surface area contributed by atoms with Gasteiger partial charge in [-0.1, -0.05) is 124 Å². The van der Waals surface area contributed by atoms with Crippen molar-refractivity contribution in [3.63, 3.8) is 0 Å². The van der Waals surface area contributed by atoms with E-state index in [-0.39, 0.29) is 40.1 Å². The van der Waals surface area contributed by atoms with E-state index in [0.717, 1.165) is 17.5 Å². The van der Waals surface area contributed by atoms with E-state index in [1.165, 1.54) is 47.1 Å². The summed E-state index contributed by atoms with van der Waals surface area (Å²) in [5.74, 6) is 0. The maximum atomic E-state index is 3.22. The molecule has 37 heavy (non-hydrogen) atoms. The van der Waals surface area contributed by atoms with Crippen LogP contribution in [0.3, 0.4) is 0 Å². The molecule has 0 amide bonds. The van der Waals surface area contributed by atoms with Crippen molar-refractivity contribution in [2.75, 3.05) is 0 Å². The molecule has 1 radical (unpaired) electrons. The van der Waals surface area contributed by atoms with E-state index in [2.05, 4.69) is 121 Å². The van der Waals surface area contributed by atoms with Crippen LogP contribution in [-0.4, -0.2) is 0 Å². The first-order valence-electron chi connectivity index (χ1n) is 13.2. The van der Waals surface area contributed by atoms with Crippen LogP contribution in [0.1, 0.15) is 84.9 Å². The van der Waals surface area contributed by atoms with Gasteiger partial charge >= 0.3 is 0 Å². The topological polar surface area (TPSA) is 0 Å². The molecular weight excluding hydrogens is 521 g/mol. The first-order chi connectivity index (χ1) is 17.1. The van der Waals surface area contributed by atoms with Crippen molar-refractivity contribution in [1.82, 2.24) is 0 Å². The first kappa shape index (κ1) is 37.1. The average Bonchev–Trinajstić information content (AvgIpc) is 3.26. The molecule has 4 aromatic carbocycles. The van der Waals surface area contributed by atoms with Gasteiger partial charge in [0.05, 0.1) is 0 Å². The molecule has 0 heterocycles. The van der Waals surface area contributed by atoms with Gasteiger partial charge in [-0.25, -0.2) is 11.1 Å². The zero-order valence-corrected chi connectivity index (χ0v) is 26.4. The van der Waals surface area contributed by atoms with Crippen LogP contribution in [0.25, 0.3) is 22.3 Å². The molecule has 1 aliphatic carbocycles. The van der Waals surface area contributed by atoms with E-state index in [9.17, 15) is 0 Å². The molecular formula is C36H48Y-2. The summed E-state index contributed by atoms with van der Waals surface area (Å²) in [5.41, 5.74) is 9.19. The minimum absolute atomic E-state index is 0. The van der Waals surface area contributed by atoms with Crippen molar-refractivity contribution < 1.29 is 32.7 Å². The normalized spacial score (nSPS) is 9.27. The van der Waals surface area contributed by atoms with Crippen molar-refractivity contribution in [2.45, 2.75) is 81.6 Å². The molecule has 0 saturated carbocycles. The molecule has 1 heteroatoms. The van der Waals surface area contributed by atoms with Gasteiger partial charge in [-0.05, 0) is 28.7 Å². The summed E-state index contributed by atoms with van der Waals surface area (Å²) < 4.78 is 0. The van der Waals surface area contributed by atoms with Gasteiger partial charge in [-0.2, -0.15) is 48.5 Å². The van der Waals surface area contributed by atoms with Crippen LogP contribution in [0.4, 0.5) is 0 Å². The van der Waals surface area contributed by atoms with Crippen LogP contribution < -0.4 is 0 Å². The molecule has 4 aromatic rings. The van der Waals surface area contributed by atoms with Crippen molar-refractivity contribution in [3.8, 4) is 22.3 Å². The Morgan fingerprint density at radius 3 is 1.41 bits per heavy atom. The smallest absolute Gasteiger partial charge is 0 e. The number of fused-ring (bicyclic) bond motifs is 3. The van der Waals surface area contributed by atoms with Gasteiger partial charge in [0, 0.05) is 32.7 Å². The summed E-state index contributed by atoms with van der Waals surface area (Å²) in [6.45, 7) is 14.8. The zero-order chi connectivity index (χ0) is 25.9. The Morgan fingerprint density at radius 2 is 1.00 bits per heavy atom. The van der Waals surface area contributed by atoms with Gasteiger partial charge in [0.15, 0.2) is 0 Å². The largest absolute Gasteiger partial charge is 0.226 e. The van der Waals surface area contributed by atoms with E-state index in [0.29, 0.717) is 0 Å². The molecule has 0 saturated heterocycles. The van der Waals surface area contributed by atoms with Gasteiger partial charge in [-0.3, -0.25) is 0 Å². The molecule has 0 fully saturated rings. The maximum absolute atomic E-state index is 3.22. The minimum Gasteiger partial charge on any atom is -0.226 e. The Balaban J connectivity index is 0. The van der Waals surface area contributed by atoms with Gasteiger partial charge < -0.3 is 0 Å². The molecule has 0 N–H and O–H groups in total. The monoisotopic (exact) mass is 569 g/mol. The molecule has 1 aliphatic rings. The molecule has 0 atom stereocenters. The Bertz CT molecular complexity index is 1000. The Morgan fingerprint density at radius 1 is 0.568 bits per heavy atom. The third-order valence-electron chi connectivity index (χ3n) is 4.67. The van der Waals surface area contributed by atoms with E-state index in [1.807, 2.05) is 30.3 Å². The average molecular weight is 570 g/mol. The van der Waals surface area contributed by atoms with Crippen molar-refractivity contribution in [2.24, 2.45) is 0 Å². The second-order valence-electron chi connectivity index (χ2n) is 8.67. The van der Waals surface area contributed by atoms with Gasteiger partial charge in [-0.15, -0.1) is 11.6 Å². The van der Waals surface area contributed by atoms with E-state index >= 15 is 0 Å². The predicted molar refractivity (Wildman–Crippen MR) is 164 cm³/mol. The van der Waals surface area contributed by atoms with E-state index < -0.39 is 0 Å². The summed E-state index contributed by atoms with van der Waals surface area (Å²) in [4.78, 5) is 0. The SMILES string of the molecule is C.CCC.CCC.CCC.Cc1c[c-]c(-c2[c-]cccc2)cc1.[Y].c1ccc2c(c1)Cc1ccccc1-2. The van der Waals surface area contributed by atoms with Crippen LogP contribution in [0.2, 0.25) is 0 Å². The first-order valence-corrected chi connectivity index (χ1v) is 13.2. The molecule has 5 rings (SSSR count). The number of rotatable bonds is 1. The summed E-state index contributed by atoms with van der Waals surface area (Å²) in [5, 5.41) is 0. The van der Waals surface area contributed by atoms with Crippen LogP contribution in [0, 0.1) is 19.1 Å². The van der Waals surface area contributed by atoms with Gasteiger partial charge in [0.1, 0.15) is 0 Å². The summed E-state index contributed by atoms with van der Waals surface area (Å²) in [6, 6.07) is 37.8. The minimum atomic E-state index is 0. The maximum Gasteiger partial charge on any atom is 0 e. The van der Waals surface area contributed by atoms with Crippen LogP contribution in [0.15, 0.2) is 91.0 Å². The zero-order valence-electron chi connectivity index (χ0n) is 23.6. The Labute approximate surface area is 254 Å². The fourth-order valence-electron chi connectivity index (χ4n) is 3.31. The summed E-state index contributed by atoms with van der Waals surface area (Å²) >= 11 is 0. The van der Waals surface area contributed by atoms with Crippen LogP contribution in [0.5, 0.6) is 0 Å². The Kier molecular flexibility index (Phi) is 23.2. The number of aryl methyl sites for hydroxylation is 1.